The van der Waals surface area contributed by atoms with Gasteiger partial charge in [-0.15, -0.1) is 11.6 Å². The summed E-state index contributed by atoms with van der Waals surface area (Å²) in [4.78, 5) is 10.9. The summed E-state index contributed by atoms with van der Waals surface area (Å²) in [7, 11) is 0. The summed E-state index contributed by atoms with van der Waals surface area (Å²) in [6, 6.07) is 8.91. The van der Waals surface area contributed by atoms with E-state index in [1.165, 1.54) is 6.92 Å². The molecule has 0 amide bonds. The predicted octanol–water partition coefficient (Wildman–Crippen LogP) is 1.92. The second-order valence-corrected chi connectivity index (χ2v) is 3.34. The van der Waals surface area contributed by atoms with Crippen LogP contribution in [-0.4, -0.2) is 16.3 Å². The first-order chi connectivity index (χ1) is 6.13. The fourth-order valence-corrected chi connectivity index (χ4v) is 1.19. The zero-order valence-corrected chi connectivity index (χ0v) is 8.03. The molecule has 0 bridgehead atoms. The van der Waals surface area contributed by atoms with Gasteiger partial charge in [-0.05, 0) is 12.5 Å². The van der Waals surface area contributed by atoms with E-state index in [-0.39, 0.29) is 5.78 Å². The van der Waals surface area contributed by atoms with Crippen molar-refractivity contribution in [1.29, 1.82) is 0 Å². The van der Waals surface area contributed by atoms with Crippen LogP contribution in [-0.2, 0) is 4.79 Å². The van der Waals surface area contributed by atoms with Crippen molar-refractivity contribution in [2.75, 3.05) is 0 Å². The lowest BCUT2D eigenvalue weighted by atomic mass is 10.0. The fourth-order valence-electron chi connectivity index (χ4n) is 1.04. The maximum absolute atomic E-state index is 10.9. The van der Waals surface area contributed by atoms with Gasteiger partial charge in [-0.1, -0.05) is 30.3 Å². The summed E-state index contributed by atoms with van der Waals surface area (Å²) in [5, 5.41) is 8.75. The molecule has 0 unspecified atom stereocenters. The van der Waals surface area contributed by atoms with Crippen molar-refractivity contribution in [2.45, 2.75) is 18.4 Å². The van der Waals surface area contributed by atoms with Crippen molar-refractivity contribution >= 4 is 17.4 Å². The van der Waals surface area contributed by atoms with Gasteiger partial charge in [0.15, 0.2) is 5.78 Å². The molecule has 0 saturated carbocycles. The second kappa shape index (κ2) is 4.40. The van der Waals surface area contributed by atoms with Gasteiger partial charge in [0.2, 0.25) is 0 Å². The smallest absolute Gasteiger partial charge is 0.150 e. The van der Waals surface area contributed by atoms with Crippen molar-refractivity contribution < 1.29 is 9.90 Å². The van der Waals surface area contributed by atoms with E-state index in [9.17, 15) is 9.90 Å². The largest absolute Gasteiger partial charge is 0.386 e. The molecule has 0 saturated heterocycles. The monoisotopic (exact) mass is 198 g/mol. The third-order valence-corrected chi connectivity index (χ3v) is 2.35. The topological polar surface area (TPSA) is 37.3 Å². The Morgan fingerprint density at radius 1 is 1.38 bits per heavy atom. The molecule has 1 aromatic rings. The maximum atomic E-state index is 10.9. The van der Waals surface area contributed by atoms with Crippen LogP contribution in [0.4, 0.5) is 0 Å². The Labute approximate surface area is 82.2 Å². The van der Waals surface area contributed by atoms with Crippen LogP contribution in [0.15, 0.2) is 30.3 Å². The highest BCUT2D eigenvalue weighted by Crippen LogP contribution is 2.21. The molecule has 2 atom stereocenters. The molecule has 0 aliphatic rings. The van der Waals surface area contributed by atoms with Gasteiger partial charge < -0.3 is 5.11 Å². The Bertz CT molecular complexity index is 284. The number of hydrogen-bond acceptors (Lipinski definition) is 2. The first-order valence-electron chi connectivity index (χ1n) is 4.00. The summed E-state index contributed by atoms with van der Waals surface area (Å²) in [5.74, 6) is -0.224. The molecule has 1 aromatic carbocycles. The second-order valence-electron chi connectivity index (χ2n) is 2.87. The molecule has 0 aromatic heterocycles. The van der Waals surface area contributed by atoms with Crippen molar-refractivity contribution in [1.82, 2.24) is 0 Å². The number of alkyl halides is 1. The molecule has 13 heavy (non-hydrogen) atoms. The number of aliphatic hydroxyl groups is 1. The molecule has 1 rings (SSSR count). The number of Topliss-reactive ketones (excluding diaryl/α,β-unsaturated/α-hetero) is 1. The molecule has 0 spiro atoms. The SMILES string of the molecule is CC(=O)[C@H](Cl)[C@@H](O)c1ccccc1. The van der Waals surface area contributed by atoms with E-state index in [0.29, 0.717) is 5.56 Å². The van der Waals surface area contributed by atoms with Crippen LogP contribution in [0.5, 0.6) is 0 Å². The number of benzene rings is 1. The zero-order chi connectivity index (χ0) is 9.84. The third kappa shape index (κ3) is 2.54. The Hall–Kier alpha value is -0.860. The Kier molecular flexibility index (Phi) is 3.46. The lowest BCUT2D eigenvalue weighted by Crippen LogP contribution is -2.19. The van der Waals surface area contributed by atoms with Crippen LogP contribution in [0, 0.1) is 0 Å². The summed E-state index contributed by atoms with van der Waals surface area (Å²) in [5.41, 5.74) is 0.665. The highest BCUT2D eigenvalue weighted by Gasteiger charge is 2.21. The van der Waals surface area contributed by atoms with Gasteiger partial charge in [0.1, 0.15) is 11.5 Å². The number of halogens is 1. The van der Waals surface area contributed by atoms with Crippen LogP contribution >= 0.6 is 11.6 Å². The summed E-state index contributed by atoms with van der Waals surface area (Å²) >= 11 is 5.70. The molecule has 0 fully saturated rings. The lowest BCUT2D eigenvalue weighted by Gasteiger charge is -2.14. The Morgan fingerprint density at radius 2 is 1.92 bits per heavy atom. The van der Waals surface area contributed by atoms with Gasteiger partial charge in [-0.25, -0.2) is 0 Å². The van der Waals surface area contributed by atoms with Crippen molar-refractivity contribution in [2.24, 2.45) is 0 Å². The van der Waals surface area contributed by atoms with Crippen LogP contribution in [0.2, 0.25) is 0 Å². The molecular formula is C10H11ClO2. The summed E-state index contributed by atoms with van der Waals surface area (Å²) in [6.45, 7) is 1.36. The highest BCUT2D eigenvalue weighted by molar-refractivity contribution is 6.31. The number of carbonyl (C=O) groups excluding carboxylic acids is 1. The number of hydrogen-bond donors (Lipinski definition) is 1. The van der Waals surface area contributed by atoms with E-state index in [1.54, 1.807) is 24.3 Å². The normalized spacial score (nSPS) is 15.0. The third-order valence-electron chi connectivity index (χ3n) is 1.81. The summed E-state index contributed by atoms with van der Waals surface area (Å²) < 4.78 is 0. The minimum Gasteiger partial charge on any atom is -0.386 e. The van der Waals surface area contributed by atoms with E-state index in [2.05, 4.69) is 0 Å². The van der Waals surface area contributed by atoms with Crippen LogP contribution in [0.3, 0.4) is 0 Å². The van der Waals surface area contributed by atoms with Crippen LogP contribution in [0.1, 0.15) is 18.6 Å². The number of ketones is 1. The zero-order valence-electron chi connectivity index (χ0n) is 7.27. The van der Waals surface area contributed by atoms with Crippen molar-refractivity contribution in [3.63, 3.8) is 0 Å². The Balaban J connectivity index is 2.79. The molecule has 0 aliphatic heterocycles. The number of rotatable bonds is 3. The first kappa shape index (κ1) is 10.2. The van der Waals surface area contributed by atoms with Gasteiger partial charge in [-0.3, -0.25) is 4.79 Å². The summed E-state index contributed by atoms with van der Waals surface area (Å²) in [6.07, 6.45) is -0.916. The van der Waals surface area contributed by atoms with Gasteiger partial charge in [0.25, 0.3) is 0 Å². The van der Waals surface area contributed by atoms with Gasteiger partial charge >= 0.3 is 0 Å². The quantitative estimate of drug-likeness (QED) is 0.754. The number of carbonyl (C=O) groups is 1. The van der Waals surface area contributed by atoms with Crippen molar-refractivity contribution in [3.8, 4) is 0 Å². The molecule has 0 heterocycles. The average molecular weight is 199 g/mol. The van der Waals surface area contributed by atoms with E-state index in [1.807, 2.05) is 6.07 Å². The predicted molar refractivity (Wildman–Crippen MR) is 51.7 cm³/mol. The van der Waals surface area contributed by atoms with E-state index in [0.717, 1.165) is 0 Å². The fraction of sp³-hybridized carbons (Fsp3) is 0.300. The van der Waals surface area contributed by atoms with Gasteiger partial charge in [0, 0.05) is 0 Å². The minimum atomic E-state index is -0.916. The van der Waals surface area contributed by atoms with E-state index in [4.69, 9.17) is 11.6 Å². The van der Waals surface area contributed by atoms with E-state index >= 15 is 0 Å². The van der Waals surface area contributed by atoms with Gasteiger partial charge in [0.05, 0.1) is 0 Å². The molecule has 0 aliphatic carbocycles. The average Bonchev–Trinajstić information content (AvgIpc) is 2.17. The highest BCUT2D eigenvalue weighted by atomic mass is 35.5. The standard InChI is InChI=1S/C10H11ClO2/c1-7(12)9(11)10(13)8-5-3-2-4-6-8/h2-6,9-10,13H,1H3/t9-,10-/m0/s1. The maximum Gasteiger partial charge on any atom is 0.150 e. The lowest BCUT2D eigenvalue weighted by molar-refractivity contribution is -0.118. The molecule has 3 heteroatoms. The van der Waals surface area contributed by atoms with Crippen molar-refractivity contribution in [3.05, 3.63) is 35.9 Å². The molecular weight excluding hydrogens is 188 g/mol. The molecule has 0 radical (unpaired) electrons. The molecule has 70 valence electrons. The Morgan fingerprint density at radius 3 is 2.38 bits per heavy atom. The number of aliphatic hydroxyl groups excluding tert-OH is 1. The molecule has 1 N–H and O–H groups in total. The van der Waals surface area contributed by atoms with Gasteiger partial charge in [-0.2, -0.15) is 0 Å². The van der Waals surface area contributed by atoms with Crippen LogP contribution < -0.4 is 0 Å². The van der Waals surface area contributed by atoms with Crippen LogP contribution in [0.25, 0.3) is 0 Å². The minimum absolute atomic E-state index is 0.224. The molecule has 2 nitrogen and oxygen atoms in total. The van der Waals surface area contributed by atoms with E-state index < -0.39 is 11.5 Å². The first-order valence-corrected chi connectivity index (χ1v) is 4.44.